The van der Waals surface area contributed by atoms with Crippen molar-refractivity contribution in [1.82, 2.24) is 4.90 Å². The van der Waals surface area contributed by atoms with Crippen molar-refractivity contribution in [2.24, 2.45) is 0 Å². The van der Waals surface area contributed by atoms with E-state index in [0.717, 1.165) is 16.0 Å². The zero-order valence-electron chi connectivity index (χ0n) is 17.8. The molecule has 4 N–H and O–H groups in total. The molecule has 3 aromatic rings. The number of carbonyl (C=O) groups excluding carboxylic acids is 1. The summed E-state index contributed by atoms with van der Waals surface area (Å²) in [7, 11) is 3.52. The van der Waals surface area contributed by atoms with Crippen LogP contribution in [0.5, 0.6) is 0 Å². The number of thiophene rings is 1. The van der Waals surface area contributed by atoms with Crippen molar-refractivity contribution in [2.45, 2.75) is 25.3 Å². The molecule has 0 aliphatic carbocycles. The number of amides is 1. The third-order valence-corrected chi connectivity index (χ3v) is 6.26. The van der Waals surface area contributed by atoms with Crippen molar-refractivity contribution >= 4 is 34.6 Å². The molecule has 6 nitrogen and oxygen atoms in total. The van der Waals surface area contributed by atoms with Crippen LogP contribution >= 0.6 is 11.3 Å². The first-order valence-corrected chi connectivity index (χ1v) is 10.9. The van der Waals surface area contributed by atoms with Gasteiger partial charge in [0, 0.05) is 16.4 Å². The van der Waals surface area contributed by atoms with Gasteiger partial charge in [0.15, 0.2) is 0 Å². The van der Waals surface area contributed by atoms with Gasteiger partial charge in [-0.25, -0.2) is 0 Å². The molecule has 1 heterocycles. The number of rotatable bonds is 8. The van der Waals surface area contributed by atoms with Crippen LogP contribution in [0, 0.1) is 0 Å². The maximum Gasteiger partial charge on any atom is 0.321 e. The first-order chi connectivity index (χ1) is 14.8. The molecular weight excluding hydrogens is 410 g/mol. The standard InChI is InChI=1S/C24H27N3O3S/c1-4-18(22(24(29)30)27(2)3)15-7-9-16(10-8-15)23(28)26-20-14-17(11-12-19(20)25)21-6-5-13-31-21/h5-14,18,22H,4,25H2,1-3H3,(H,26,28)(H,29,30). The summed E-state index contributed by atoms with van der Waals surface area (Å²) in [6, 6.07) is 16.0. The van der Waals surface area contributed by atoms with E-state index < -0.39 is 12.0 Å². The Morgan fingerprint density at radius 1 is 1.13 bits per heavy atom. The van der Waals surface area contributed by atoms with Gasteiger partial charge in [-0.1, -0.05) is 31.2 Å². The monoisotopic (exact) mass is 437 g/mol. The molecule has 2 atom stereocenters. The van der Waals surface area contributed by atoms with Gasteiger partial charge in [0.25, 0.3) is 5.91 Å². The van der Waals surface area contributed by atoms with Crippen LogP contribution in [0.4, 0.5) is 11.4 Å². The summed E-state index contributed by atoms with van der Waals surface area (Å²) in [5, 5.41) is 14.5. The van der Waals surface area contributed by atoms with Gasteiger partial charge in [-0.15, -0.1) is 11.3 Å². The molecule has 2 aromatic carbocycles. The number of nitrogens with one attached hydrogen (secondary N) is 1. The van der Waals surface area contributed by atoms with Crippen molar-refractivity contribution in [3.8, 4) is 10.4 Å². The molecule has 2 unspecified atom stereocenters. The van der Waals surface area contributed by atoms with E-state index in [1.54, 1.807) is 48.5 Å². The SMILES string of the molecule is CCC(c1ccc(C(=O)Nc2cc(-c3cccs3)ccc2N)cc1)C(C(=O)O)N(C)C. The fourth-order valence-corrected chi connectivity index (χ4v) is 4.45. The molecular formula is C24H27N3O3S. The minimum atomic E-state index is -0.861. The Morgan fingerprint density at radius 3 is 2.39 bits per heavy atom. The molecule has 1 aromatic heterocycles. The summed E-state index contributed by atoms with van der Waals surface area (Å²) in [5.74, 6) is -1.31. The Labute approximate surface area is 186 Å². The predicted octanol–water partition coefficient (Wildman–Crippen LogP) is 4.76. The molecule has 0 saturated heterocycles. The second-order valence-corrected chi connectivity index (χ2v) is 8.56. The first kappa shape index (κ1) is 22.5. The van der Waals surface area contributed by atoms with Gasteiger partial charge in [0.1, 0.15) is 6.04 Å². The molecule has 7 heteroatoms. The van der Waals surface area contributed by atoms with Gasteiger partial charge < -0.3 is 16.2 Å². The number of hydrogen-bond acceptors (Lipinski definition) is 5. The number of nitrogen functional groups attached to an aromatic ring is 1. The number of benzene rings is 2. The van der Waals surface area contributed by atoms with Crippen LogP contribution in [-0.4, -0.2) is 42.0 Å². The first-order valence-electron chi connectivity index (χ1n) is 10.1. The summed E-state index contributed by atoms with van der Waals surface area (Å²) in [5.41, 5.74) is 9.48. The average Bonchev–Trinajstić information content (AvgIpc) is 3.28. The molecule has 1 amide bonds. The number of likely N-dealkylation sites (N-methyl/N-ethyl adjacent to an activating group) is 1. The van der Waals surface area contributed by atoms with E-state index in [4.69, 9.17) is 5.73 Å². The van der Waals surface area contributed by atoms with E-state index in [0.29, 0.717) is 23.4 Å². The second-order valence-electron chi connectivity index (χ2n) is 7.62. The van der Waals surface area contributed by atoms with Gasteiger partial charge in [-0.2, -0.15) is 0 Å². The lowest BCUT2D eigenvalue weighted by molar-refractivity contribution is -0.143. The predicted molar refractivity (Wildman–Crippen MR) is 127 cm³/mol. The smallest absolute Gasteiger partial charge is 0.321 e. The molecule has 0 bridgehead atoms. The average molecular weight is 438 g/mol. The molecule has 3 rings (SSSR count). The summed E-state index contributed by atoms with van der Waals surface area (Å²) in [6.07, 6.45) is 0.673. The van der Waals surface area contributed by atoms with E-state index in [1.165, 1.54) is 0 Å². The van der Waals surface area contributed by atoms with Gasteiger partial charge in [-0.3, -0.25) is 14.5 Å². The molecule has 0 spiro atoms. The van der Waals surface area contributed by atoms with Crippen LogP contribution in [0.25, 0.3) is 10.4 Å². The largest absolute Gasteiger partial charge is 0.480 e. The Balaban J connectivity index is 1.79. The third-order valence-electron chi connectivity index (χ3n) is 5.34. The maximum atomic E-state index is 12.8. The van der Waals surface area contributed by atoms with Crippen LogP contribution in [-0.2, 0) is 4.79 Å². The van der Waals surface area contributed by atoms with Crippen LogP contribution in [0.3, 0.4) is 0 Å². The van der Waals surface area contributed by atoms with Gasteiger partial charge in [0.2, 0.25) is 0 Å². The number of aliphatic carboxylic acids is 1. The fraction of sp³-hybridized carbons (Fsp3) is 0.250. The topological polar surface area (TPSA) is 95.7 Å². The van der Waals surface area contributed by atoms with E-state index >= 15 is 0 Å². The summed E-state index contributed by atoms with van der Waals surface area (Å²) in [6.45, 7) is 1.97. The van der Waals surface area contributed by atoms with Crippen LogP contribution in [0.15, 0.2) is 60.0 Å². The number of nitrogens with two attached hydrogens (primary N) is 1. The summed E-state index contributed by atoms with van der Waals surface area (Å²) >= 11 is 1.62. The van der Waals surface area contributed by atoms with Crippen molar-refractivity contribution in [3.05, 3.63) is 71.1 Å². The highest BCUT2D eigenvalue weighted by atomic mass is 32.1. The van der Waals surface area contributed by atoms with Gasteiger partial charge in [-0.05, 0) is 67.4 Å². The number of carboxylic acid groups (broad SMARTS) is 1. The Morgan fingerprint density at radius 2 is 1.84 bits per heavy atom. The minimum Gasteiger partial charge on any atom is -0.480 e. The van der Waals surface area contributed by atoms with Crippen LogP contribution < -0.4 is 11.1 Å². The van der Waals surface area contributed by atoms with Crippen LogP contribution in [0.2, 0.25) is 0 Å². The fourth-order valence-electron chi connectivity index (χ4n) is 3.73. The van der Waals surface area contributed by atoms with E-state index in [-0.39, 0.29) is 11.8 Å². The normalized spacial score (nSPS) is 13.0. The minimum absolute atomic E-state index is 0.178. The number of nitrogens with zero attached hydrogens (tertiary/aromatic N) is 1. The summed E-state index contributed by atoms with van der Waals surface area (Å²) < 4.78 is 0. The number of carbonyl (C=O) groups is 2. The lowest BCUT2D eigenvalue weighted by Gasteiger charge is -2.28. The Bertz CT molecular complexity index is 1050. The molecule has 0 aliphatic heterocycles. The lowest BCUT2D eigenvalue weighted by atomic mass is 9.88. The van der Waals surface area contributed by atoms with E-state index in [2.05, 4.69) is 5.32 Å². The highest BCUT2D eigenvalue weighted by Crippen LogP contribution is 2.31. The van der Waals surface area contributed by atoms with Crippen molar-refractivity contribution in [3.63, 3.8) is 0 Å². The van der Waals surface area contributed by atoms with E-state index in [1.807, 2.05) is 48.7 Å². The van der Waals surface area contributed by atoms with Gasteiger partial charge in [0.05, 0.1) is 11.4 Å². The number of carboxylic acids is 1. The lowest BCUT2D eigenvalue weighted by Crippen LogP contribution is -2.40. The highest BCUT2D eigenvalue weighted by Gasteiger charge is 2.30. The summed E-state index contributed by atoms with van der Waals surface area (Å²) in [4.78, 5) is 27.3. The molecule has 162 valence electrons. The molecule has 0 radical (unpaired) electrons. The van der Waals surface area contributed by atoms with Crippen molar-refractivity contribution < 1.29 is 14.7 Å². The van der Waals surface area contributed by atoms with E-state index in [9.17, 15) is 14.7 Å². The molecule has 0 saturated carbocycles. The maximum absolute atomic E-state index is 12.8. The second kappa shape index (κ2) is 9.76. The zero-order valence-corrected chi connectivity index (χ0v) is 18.6. The quantitative estimate of drug-likeness (QED) is 0.442. The molecule has 0 fully saturated rings. The van der Waals surface area contributed by atoms with Crippen molar-refractivity contribution in [2.75, 3.05) is 25.1 Å². The Kier molecular flexibility index (Phi) is 7.09. The molecule has 0 aliphatic rings. The zero-order chi connectivity index (χ0) is 22.5. The van der Waals surface area contributed by atoms with Crippen LogP contribution in [0.1, 0.15) is 35.2 Å². The molecule has 31 heavy (non-hydrogen) atoms. The third kappa shape index (κ3) is 5.13. The van der Waals surface area contributed by atoms with Gasteiger partial charge >= 0.3 is 5.97 Å². The highest BCUT2D eigenvalue weighted by molar-refractivity contribution is 7.13. The van der Waals surface area contributed by atoms with Crippen molar-refractivity contribution in [1.29, 1.82) is 0 Å². The number of anilines is 2. The Hall–Kier alpha value is -3.16. The number of hydrogen-bond donors (Lipinski definition) is 3.